The number of aliphatic carboxylic acids is 1. The van der Waals surface area contributed by atoms with Crippen molar-refractivity contribution in [1.82, 2.24) is 20.2 Å². The molecular weight excluding hydrogens is 558 g/mol. The molecule has 8 nitrogen and oxygen atoms in total. The molecule has 2 aromatic heterocycles. The normalized spacial score (nSPS) is 14.7. The molecule has 40 heavy (non-hydrogen) atoms. The zero-order valence-electron chi connectivity index (χ0n) is 22.3. The van der Waals surface area contributed by atoms with E-state index in [0.717, 1.165) is 31.6 Å². The van der Waals surface area contributed by atoms with Gasteiger partial charge in [0.05, 0.1) is 34.2 Å². The maximum absolute atomic E-state index is 13.8. The van der Waals surface area contributed by atoms with Crippen molar-refractivity contribution in [3.63, 3.8) is 0 Å². The minimum absolute atomic E-state index is 0.0200. The van der Waals surface area contributed by atoms with E-state index in [1.165, 1.54) is 6.07 Å². The lowest BCUT2D eigenvalue weighted by molar-refractivity contribution is -0.145. The molecule has 0 unspecified atom stereocenters. The van der Waals surface area contributed by atoms with Crippen LogP contribution in [0.25, 0.3) is 22.5 Å². The van der Waals surface area contributed by atoms with Crippen LogP contribution in [0.15, 0.2) is 42.6 Å². The number of halogens is 3. The summed E-state index contributed by atoms with van der Waals surface area (Å²) in [6, 6.07) is 9.34. The number of nitrogens with one attached hydrogen (secondary N) is 1. The van der Waals surface area contributed by atoms with Crippen LogP contribution in [0.3, 0.4) is 0 Å². The van der Waals surface area contributed by atoms with Crippen molar-refractivity contribution in [1.29, 1.82) is 0 Å². The fourth-order valence-electron chi connectivity index (χ4n) is 4.76. The van der Waals surface area contributed by atoms with Gasteiger partial charge in [-0.15, -0.1) is 0 Å². The monoisotopic (exact) mass is 588 g/mol. The van der Waals surface area contributed by atoms with Crippen LogP contribution in [0.5, 0.6) is 5.75 Å². The zero-order valence-corrected chi connectivity index (χ0v) is 23.9. The first-order valence-electron chi connectivity index (χ1n) is 13.1. The van der Waals surface area contributed by atoms with Crippen molar-refractivity contribution < 1.29 is 23.8 Å². The third-order valence-corrected chi connectivity index (χ3v) is 7.47. The second-order valence-corrected chi connectivity index (χ2v) is 10.9. The van der Waals surface area contributed by atoms with Gasteiger partial charge in [0, 0.05) is 17.7 Å². The number of pyridine rings is 2. The Morgan fingerprint density at radius 1 is 1.07 bits per heavy atom. The molecular formula is C29H31Cl2FN4O4. The fourth-order valence-corrected chi connectivity index (χ4v) is 5.19. The van der Waals surface area contributed by atoms with Crippen molar-refractivity contribution in [3.05, 3.63) is 64.2 Å². The van der Waals surface area contributed by atoms with Crippen molar-refractivity contribution in [2.24, 2.45) is 0 Å². The molecule has 2 heterocycles. The van der Waals surface area contributed by atoms with Gasteiger partial charge >= 0.3 is 5.97 Å². The maximum atomic E-state index is 13.8. The first kappa shape index (κ1) is 29.7. The van der Waals surface area contributed by atoms with E-state index in [-0.39, 0.29) is 16.4 Å². The molecule has 1 aromatic carbocycles. The van der Waals surface area contributed by atoms with E-state index in [2.05, 4.69) is 20.2 Å². The number of amides is 1. The molecule has 3 aromatic rings. The average molecular weight is 589 g/mol. The first-order chi connectivity index (χ1) is 19.1. The van der Waals surface area contributed by atoms with Gasteiger partial charge in [-0.25, -0.2) is 14.2 Å². The highest BCUT2D eigenvalue weighted by Crippen LogP contribution is 2.37. The van der Waals surface area contributed by atoms with Crippen LogP contribution < -0.4 is 10.1 Å². The van der Waals surface area contributed by atoms with Gasteiger partial charge in [-0.3, -0.25) is 9.78 Å². The van der Waals surface area contributed by atoms with E-state index in [4.69, 9.17) is 27.9 Å². The highest BCUT2D eigenvalue weighted by atomic mass is 35.5. The van der Waals surface area contributed by atoms with E-state index < -0.39 is 23.2 Å². The van der Waals surface area contributed by atoms with Crippen LogP contribution >= 0.6 is 23.2 Å². The summed E-state index contributed by atoms with van der Waals surface area (Å²) in [5.41, 5.74) is 0.293. The third kappa shape index (κ3) is 6.89. The molecule has 11 heteroatoms. The summed E-state index contributed by atoms with van der Waals surface area (Å²) in [4.78, 5) is 36.3. The summed E-state index contributed by atoms with van der Waals surface area (Å²) in [7, 11) is 3.95. The summed E-state index contributed by atoms with van der Waals surface area (Å²) < 4.78 is 19.7. The lowest BCUT2D eigenvalue weighted by atomic mass is 9.81. The van der Waals surface area contributed by atoms with E-state index in [9.17, 15) is 19.1 Å². The summed E-state index contributed by atoms with van der Waals surface area (Å²) in [5.74, 6) is -1.82. The molecule has 1 fully saturated rings. The van der Waals surface area contributed by atoms with Gasteiger partial charge in [0.1, 0.15) is 22.8 Å². The lowest BCUT2D eigenvalue weighted by Gasteiger charge is -2.33. The Bertz CT molecular complexity index is 1400. The van der Waals surface area contributed by atoms with Crippen molar-refractivity contribution in [3.8, 4) is 28.3 Å². The molecule has 212 valence electrons. The summed E-state index contributed by atoms with van der Waals surface area (Å²) in [5, 5.41) is 13.1. The van der Waals surface area contributed by atoms with Crippen LogP contribution in [-0.2, 0) is 4.79 Å². The van der Waals surface area contributed by atoms with Crippen LogP contribution in [0.2, 0.25) is 10.0 Å². The van der Waals surface area contributed by atoms with Gasteiger partial charge in [0.2, 0.25) is 0 Å². The molecule has 0 atom stereocenters. The van der Waals surface area contributed by atoms with Crippen LogP contribution in [0.1, 0.15) is 49.0 Å². The van der Waals surface area contributed by atoms with Crippen molar-refractivity contribution in [2.75, 3.05) is 27.2 Å². The summed E-state index contributed by atoms with van der Waals surface area (Å²) in [6.07, 6.45) is 4.87. The van der Waals surface area contributed by atoms with E-state index in [1.54, 1.807) is 24.3 Å². The molecule has 4 rings (SSSR count). The molecule has 0 aliphatic heterocycles. The molecule has 0 spiro atoms. The number of aromatic nitrogens is 2. The SMILES string of the molecule is CN(C)CCCOc1cc(-c2nc(C(=O)NC3(C(=O)O)CCCCC3)ccc2-c2ncc(F)cc2Cl)ccc1Cl. The summed E-state index contributed by atoms with van der Waals surface area (Å²) >= 11 is 12.8. The summed E-state index contributed by atoms with van der Waals surface area (Å²) in [6.45, 7) is 1.28. The predicted octanol–water partition coefficient (Wildman–Crippen LogP) is 6.10. The van der Waals surface area contributed by atoms with Gasteiger partial charge in [0.25, 0.3) is 5.91 Å². The standard InChI is InChI=1S/C29H31Cl2FN4O4/c1-36(2)13-6-14-40-24-15-18(7-9-21(24)30)25-20(26-22(31)16-19(32)17-33-26)8-10-23(34-25)27(37)35-29(28(38)39)11-4-3-5-12-29/h7-10,15-17H,3-6,11-14H2,1-2H3,(H,35,37)(H,38,39). The Kier molecular flexibility index (Phi) is 9.60. The number of benzene rings is 1. The second kappa shape index (κ2) is 12.9. The highest BCUT2D eigenvalue weighted by Gasteiger charge is 2.41. The highest BCUT2D eigenvalue weighted by molar-refractivity contribution is 6.33. The molecule has 1 aliphatic carbocycles. The van der Waals surface area contributed by atoms with Gasteiger partial charge in [-0.1, -0.05) is 48.5 Å². The first-order valence-corrected chi connectivity index (χ1v) is 13.8. The molecule has 0 radical (unpaired) electrons. The molecule has 2 N–H and O–H groups in total. The second-order valence-electron chi connectivity index (χ2n) is 10.1. The van der Waals surface area contributed by atoms with E-state index >= 15 is 0 Å². The number of carbonyl (C=O) groups excluding carboxylic acids is 1. The Hall–Kier alpha value is -3.27. The Balaban J connectivity index is 1.74. The maximum Gasteiger partial charge on any atom is 0.329 e. The van der Waals surface area contributed by atoms with Crippen molar-refractivity contribution >= 4 is 35.1 Å². The minimum atomic E-state index is -1.34. The van der Waals surface area contributed by atoms with Crippen LogP contribution in [-0.4, -0.2) is 64.6 Å². The van der Waals surface area contributed by atoms with E-state index in [0.29, 0.717) is 59.9 Å². The number of nitrogens with zero attached hydrogens (tertiary/aromatic N) is 3. The van der Waals surface area contributed by atoms with Gasteiger partial charge in [-0.05, 0) is 63.7 Å². The lowest BCUT2D eigenvalue weighted by Crippen LogP contribution is -2.55. The van der Waals surface area contributed by atoms with Gasteiger partial charge in [0.15, 0.2) is 0 Å². The number of carbonyl (C=O) groups is 2. The smallest absolute Gasteiger partial charge is 0.329 e. The molecule has 1 amide bonds. The number of carboxylic acids is 1. The number of hydrogen-bond acceptors (Lipinski definition) is 6. The number of carboxylic acid groups (broad SMARTS) is 1. The zero-order chi connectivity index (χ0) is 28.9. The quantitative estimate of drug-likeness (QED) is 0.275. The van der Waals surface area contributed by atoms with E-state index in [1.807, 2.05) is 14.1 Å². The minimum Gasteiger partial charge on any atom is -0.492 e. The van der Waals surface area contributed by atoms with Gasteiger partial charge < -0.3 is 20.1 Å². The topological polar surface area (TPSA) is 105 Å². The van der Waals surface area contributed by atoms with Crippen LogP contribution in [0, 0.1) is 5.82 Å². The Labute approximate surface area is 242 Å². The van der Waals surface area contributed by atoms with Crippen LogP contribution in [0.4, 0.5) is 4.39 Å². The fraction of sp³-hybridized carbons (Fsp3) is 0.379. The Morgan fingerprint density at radius 3 is 2.50 bits per heavy atom. The predicted molar refractivity (Wildman–Crippen MR) is 152 cm³/mol. The van der Waals surface area contributed by atoms with Gasteiger partial charge in [-0.2, -0.15) is 0 Å². The van der Waals surface area contributed by atoms with Crippen molar-refractivity contribution in [2.45, 2.75) is 44.1 Å². The molecule has 0 bridgehead atoms. The third-order valence-electron chi connectivity index (χ3n) is 6.87. The number of ether oxygens (including phenoxy) is 1. The molecule has 1 aliphatic rings. The molecule has 0 saturated heterocycles. The number of rotatable bonds is 10. The molecule has 1 saturated carbocycles. The largest absolute Gasteiger partial charge is 0.492 e. The number of hydrogen-bond donors (Lipinski definition) is 2. The Morgan fingerprint density at radius 2 is 1.82 bits per heavy atom. The average Bonchev–Trinajstić information content (AvgIpc) is 2.92.